The number of pyridine rings is 1. The molecule has 0 radical (unpaired) electrons. The average molecular weight is 216 g/mol. The van der Waals surface area contributed by atoms with Crippen LogP contribution in [0.2, 0.25) is 0 Å². The Bertz CT molecular complexity index is 452. The maximum Gasteiger partial charge on any atom is 0.257 e. The SMILES string of the molecule is CN(Cc1ccccn1)C(=O)c1cn[nH]c1. The number of carbonyl (C=O) groups is 1. The lowest BCUT2D eigenvalue weighted by Gasteiger charge is -2.15. The lowest BCUT2D eigenvalue weighted by Crippen LogP contribution is -2.26. The van der Waals surface area contributed by atoms with Crippen molar-refractivity contribution in [2.24, 2.45) is 0 Å². The van der Waals surface area contributed by atoms with Crippen molar-refractivity contribution in [2.45, 2.75) is 6.54 Å². The van der Waals surface area contributed by atoms with Crippen molar-refractivity contribution in [3.05, 3.63) is 48.0 Å². The van der Waals surface area contributed by atoms with E-state index in [-0.39, 0.29) is 5.91 Å². The molecule has 0 bridgehead atoms. The van der Waals surface area contributed by atoms with Crippen molar-refractivity contribution < 1.29 is 4.79 Å². The zero-order chi connectivity index (χ0) is 11.4. The fourth-order valence-corrected chi connectivity index (χ4v) is 1.39. The maximum absolute atomic E-state index is 11.8. The van der Waals surface area contributed by atoms with Crippen LogP contribution in [0.5, 0.6) is 0 Å². The normalized spacial score (nSPS) is 10.1. The molecule has 0 spiro atoms. The van der Waals surface area contributed by atoms with E-state index < -0.39 is 0 Å². The fraction of sp³-hybridized carbons (Fsp3) is 0.182. The van der Waals surface area contributed by atoms with Crippen LogP contribution in [-0.4, -0.2) is 33.0 Å². The zero-order valence-electron chi connectivity index (χ0n) is 8.92. The minimum atomic E-state index is -0.0700. The molecule has 2 heterocycles. The number of aromatic amines is 1. The van der Waals surface area contributed by atoms with Crippen molar-refractivity contribution >= 4 is 5.91 Å². The molecule has 2 aromatic rings. The van der Waals surface area contributed by atoms with Crippen LogP contribution >= 0.6 is 0 Å². The van der Waals surface area contributed by atoms with E-state index in [1.54, 1.807) is 24.3 Å². The van der Waals surface area contributed by atoms with Gasteiger partial charge in [0, 0.05) is 19.4 Å². The second-order valence-corrected chi connectivity index (χ2v) is 3.47. The van der Waals surface area contributed by atoms with Crippen LogP contribution in [0.3, 0.4) is 0 Å². The Morgan fingerprint density at radius 3 is 3.00 bits per heavy atom. The lowest BCUT2D eigenvalue weighted by molar-refractivity contribution is 0.0783. The first-order valence-corrected chi connectivity index (χ1v) is 4.91. The van der Waals surface area contributed by atoms with Gasteiger partial charge < -0.3 is 4.90 Å². The van der Waals surface area contributed by atoms with Gasteiger partial charge in [0.1, 0.15) is 0 Å². The van der Waals surface area contributed by atoms with Gasteiger partial charge in [-0.2, -0.15) is 5.10 Å². The number of hydrogen-bond donors (Lipinski definition) is 1. The Hall–Kier alpha value is -2.17. The molecule has 16 heavy (non-hydrogen) atoms. The number of amides is 1. The molecule has 1 amide bonds. The van der Waals surface area contributed by atoms with E-state index in [1.165, 1.54) is 6.20 Å². The Morgan fingerprint density at radius 2 is 2.38 bits per heavy atom. The first kappa shape index (κ1) is 10.4. The highest BCUT2D eigenvalue weighted by Gasteiger charge is 2.12. The Kier molecular flexibility index (Phi) is 2.95. The van der Waals surface area contributed by atoms with E-state index in [4.69, 9.17) is 0 Å². The first-order chi connectivity index (χ1) is 7.77. The monoisotopic (exact) mass is 216 g/mol. The Labute approximate surface area is 93.1 Å². The minimum absolute atomic E-state index is 0.0700. The molecule has 0 unspecified atom stereocenters. The topological polar surface area (TPSA) is 61.9 Å². The van der Waals surface area contributed by atoms with Gasteiger partial charge in [-0.25, -0.2) is 0 Å². The quantitative estimate of drug-likeness (QED) is 0.835. The predicted molar refractivity (Wildman–Crippen MR) is 58.6 cm³/mol. The molecular formula is C11H12N4O. The molecule has 0 fully saturated rings. The number of rotatable bonds is 3. The number of hydrogen-bond acceptors (Lipinski definition) is 3. The zero-order valence-corrected chi connectivity index (χ0v) is 8.92. The standard InChI is InChI=1S/C11H12N4O/c1-15(8-10-4-2-3-5-12-10)11(16)9-6-13-14-7-9/h2-7H,8H2,1H3,(H,13,14). The molecule has 0 aromatic carbocycles. The lowest BCUT2D eigenvalue weighted by atomic mass is 10.3. The van der Waals surface area contributed by atoms with Crippen molar-refractivity contribution in [1.29, 1.82) is 0 Å². The van der Waals surface area contributed by atoms with Crippen LogP contribution in [0.1, 0.15) is 16.1 Å². The summed E-state index contributed by atoms with van der Waals surface area (Å²) in [6, 6.07) is 5.64. The Balaban J connectivity index is 2.04. The van der Waals surface area contributed by atoms with Crippen LogP contribution < -0.4 is 0 Å². The molecule has 1 N–H and O–H groups in total. The molecule has 2 rings (SSSR count). The second-order valence-electron chi connectivity index (χ2n) is 3.47. The minimum Gasteiger partial charge on any atom is -0.336 e. The highest BCUT2D eigenvalue weighted by molar-refractivity contribution is 5.93. The van der Waals surface area contributed by atoms with Crippen molar-refractivity contribution in [3.63, 3.8) is 0 Å². The van der Waals surface area contributed by atoms with Gasteiger partial charge in [0.2, 0.25) is 0 Å². The number of nitrogens with zero attached hydrogens (tertiary/aromatic N) is 3. The van der Waals surface area contributed by atoms with Gasteiger partial charge in [0.25, 0.3) is 5.91 Å². The summed E-state index contributed by atoms with van der Waals surface area (Å²) in [6.45, 7) is 0.491. The first-order valence-electron chi connectivity index (χ1n) is 4.91. The highest BCUT2D eigenvalue weighted by Crippen LogP contribution is 2.04. The average Bonchev–Trinajstić information content (AvgIpc) is 2.83. The van der Waals surface area contributed by atoms with Gasteiger partial charge >= 0.3 is 0 Å². The smallest absolute Gasteiger partial charge is 0.257 e. The van der Waals surface area contributed by atoms with Gasteiger partial charge in [-0.3, -0.25) is 14.9 Å². The molecule has 0 saturated heterocycles. The van der Waals surface area contributed by atoms with E-state index in [0.717, 1.165) is 5.69 Å². The summed E-state index contributed by atoms with van der Waals surface area (Å²) in [5.74, 6) is -0.0700. The predicted octanol–water partition coefficient (Wildman–Crippen LogP) is 1.08. The second kappa shape index (κ2) is 4.57. The summed E-state index contributed by atoms with van der Waals surface area (Å²) < 4.78 is 0. The number of carbonyl (C=O) groups excluding carboxylic acids is 1. The third kappa shape index (κ3) is 2.25. The molecule has 0 aliphatic rings. The Morgan fingerprint density at radius 1 is 1.50 bits per heavy atom. The van der Waals surface area contributed by atoms with Crippen molar-refractivity contribution in [3.8, 4) is 0 Å². The summed E-state index contributed by atoms with van der Waals surface area (Å²) >= 11 is 0. The summed E-state index contributed by atoms with van der Waals surface area (Å²) in [5.41, 5.74) is 1.42. The van der Waals surface area contributed by atoms with Crippen LogP contribution in [0.15, 0.2) is 36.8 Å². The van der Waals surface area contributed by atoms with Gasteiger partial charge in [-0.05, 0) is 12.1 Å². The summed E-state index contributed by atoms with van der Waals surface area (Å²) in [7, 11) is 1.74. The van der Waals surface area contributed by atoms with Gasteiger partial charge in [0.15, 0.2) is 0 Å². The third-order valence-electron chi connectivity index (χ3n) is 2.22. The number of aromatic nitrogens is 3. The van der Waals surface area contributed by atoms with Crippen LogP contribution in [0.4, 0.5) is 0 Å². The van der Waals surface area contributed by atoms with Crippen LogP contribution in [-0.2, 0) is 6.54 Å². The van der Waals surface area contributed by atoms with Gasteiger partial charge in [-0.15, -0.1) is 0 Å². The van der Waals surface area contributed by atoms with E-state index in [0.29, 0.717) is 12.1 Å². The van der Waals surface area contributed by atoms with Crippen molar-refractivity contribution in [2.75, 3.05) is 7.05 Å². The van der Waals surface area contributed by atoms with Gasteiger partial charge in [0.05, 0.1) is 24.0 Å². The molecular weight excluding hydrogens is 204 g/mol. The fourth-order valence-electron chi connectivity index (χ4n) is 1.39. The number of H-pyrrole nitrogens is 1. The maximum atomic E-state index is 11.8. The number of nitrogens with one attached hydrogen (secondary N) is 1. The molecule has 5 nitrogen and oxygen atoms in total. The van der Waals surface area contributed by atoms with E-state index in [2.05, 4.69) is 15.2 Å². The molecule has 0 aliphatic heterocycles. The molecule has 82 valence electrons. The molecule has 0 atom stereocenters. The molecule has 2 aromatic heterocycles. The summed E-state index contributed by atoms with van der Waals surface area (Å²) in [4.78, 5) is 17.6. The van der Waals surface area contributed by atoms with E-state index in [1.807, 2.05) is 18.2 Å². The van der Waals surface area contributed by atoms with Gasteiger partial charge in [-0.1, -0.05) is 6.07 Å². The largest absolute Gasteiger partial charge is 0.336 e. The van der Waals surface area contributed by atoms with Crippen LogP contribution in [0.25, 0.3) is 0 Å². The van der Waals surface area contributed by atoms with Crippen molar-refractivity contribution in [1.82, 2.24) is 20.1 Å². The summed E-state index contributed by atoms with van der Waals surface area (Å²) in [6.07, 6.45) is 4.81. The van der Waals surface area contributed by atoms with E-state index >= 15 is 0 Å². The summed E-state index contributed by atoms with van der Waals surface area (Å²) in [5, 5.41) is 6.36. The van der Waals surface area contributed by atoms with Crippen LogP contribution in [0, 0.1) is 0 Å². The van der Waals surface area contributed by atoms with E-state index in [9.17, 15) is 4.79 Å². The molecule has 0 aliphatic carbocycles. The molecule has 0 saturated carbocycles. The third-order valence-corrected chi connectivity index (χ3v) is 2.22. The molecule has 5 heteroatoms. The highest BCUT2D eigenvalue weighted by atomic mass is 16.2.